The first-order chi connectivity index (χ1) is 10.5. The molecule has 1 aliphatic rings. The van der Waals surface area contributed by atoms with Gasteiger partial charge in [-0.1, -0.05) is 36.9 Å². The van der Waals surface area contributed by atoms with E-state index < -0.39 is 17.7 Å². The number of carboxylic acid groups (broad SMARTS) is 1. The van der Waals surface area contributed by atoms with Crippen molar-refractivity contribution in [2.45, 2.75) is 44.6 Å². The van der Waals surface area contributed by atoms with Gasteiger partial charge in [-0.2, -0.15) is 0 Å². The van der Waals surface area contributed by atoms with E-state index in [1.165, 1.54) is 12.1 Å². The van der Waals surface area contributed by atoms with Crippen molar-refractivity contribution in [3.05, 3.63) is 34.6 Å². The Hall–Kier alpha value is -1.62. The maximum Gasteiger partial charge on any atom is 0.308 e. The summed E-state index contributed by atoms with van der Waals surface area (Å²) in [5, 5.41) is 12.3. The van der Waals surface area contributed by atoms with E-state index in [1.807, 2.05) is 0 Å². The van der Waals surface area contributed by atoms with Crippen LogP contribution in [0.4, 0.5) is 4.39 Å². The number of halogens is 2. The molecule has 120 valence electrons. The lowest BCUT2D eigenvalue weighted by atomic mass is 9.94. The summed E-state index contributed by atoms with van der Waals surface area (Å²) in [5.74, 6) is -2.15. The van der Waals surface area contributed by atoms with Crippen molar-refractivity contribution in [3.8, 4) is 0 Å². The molecule has 0 bridgehead atoms. The zero-order valence-electron chi connectivity index (χ0n) is 12.1. The van der Waals surface area contributed by atoms with Crippen molar-refractivity contribution in [2.75, 3.05) is 0 Å². The van der Waals surface area contributed by atoms with E-state index in [-0.39, 0.29) is 23.4 Å². The first kappa shape index (κ1) is 16.7. The number of rotatable bonds is 4. The highest BCUT2D eigenvalue weighted by molar-refractivity contribution is 6.31. The Morgan fingerprint density at radius 3 is 2.68 bits per heavy atom. The normalized spacial score (nSPS) is 21.9. The number of hydrogen-bond acceptors (Lipinski definition) is 2. The van der Waals surface area contributed by atoms with E-state index in [1.54, 1.807) is 0 Å². The molecule has 1 amide bonds. The van der Waals surface area contributed by atoms with Gasteiger partial charge in [0, 0.05) is 11.1 Å². The number of nitrogens with one attached hydrogen (secondary N) is 1. The van der Waals surface area contributed by atoms with E-state index in [4.69, 9.17) is 11.6 Å². The molecule has 22 heavy (non-hydrogen) atoms. The maximum atomic E-state index is 13.0. The number of carboxylic acids is 1. The minimum Gasteiger partial charge on any atom is -0.481 e. The summed E-state index contributed by atoms with van der Waals surface area (Å²) in [6.45, 7) is 0. The summed E-state index contributed by atoms with van der Waals surface area (Å²) in [4.78, 5) is 23.5. The molecule has 1 fully saturated rings. The Kier molecular flexibility index (Phi) is 5.77. The molecule has 0 aromatic heterocycles. The molecule has 1 saturated carbocycles. The second kappa shape index (κ2) is 7.58. The van der Waals surface area contributed by atoms with Crippen LogP contribution < -0.4 is 5.32 Å². The third kappa shape index (κ3) is 4.44. The van der Waals surface area contributed by atoms with Crippen molar-refractivity contribution in [3.63, 3.8) is 0 Å². The van der Waals surface area contributed by atoms with Gasteiger partial charge in [-0.05, 0) is 30.5 Å². The average Bonchev–Trinajstić information content (AvgIpc) is 2.67. The van der Waals surface area contributed by atoms with Crippen LogP contribution in [-0.2, 0) is 16.0 Å². The van der Waals surface area contributed by atoms with Gasteiger partial charge in [0.2, 0.25) is 5.91 Å². The lowest BCUT2D eigenvalue weighted by Gasteiger charge is -2.23. The van der Waals surface area contributed by atoms with E-state index in [9.17, 15) is 19.1 Å². The van der Waals surface area contributed by atoms with Crippen LogP contribution in [0.25, 0.3) is 0 Å². The van der Waals surface area contributed by atoms with Crippen LogP contribution in [0.2, 0.25) is 5.02 Å². The lowest BCUT2D eigenvalue weighted by Crippen LogP contribution is -2.43. The van der Waals surface area contributed by atoms with Crippen molar-refractivity contribution in [1.29, 1.82) is 0 Å². The summed E-state index contributed by atoms with van der Waals surface area (Å²) < 4.78 is 13.0. The third-order valence-corrected chi connectivity index (χ3v) is 4.40. The molecular weight excluding hydrogens is 309 g/mol. The lowest BCUT2D eigenvalue weighted by molar-refractivity contribution is -0.143. The molecule has 0 unspecified atom stereocenters. The van der Waals surface area contributed by atoms with E-state index in [2.05, 4.69) is 5.32 Å². The van der Waals surface area contributed by atoms with Crippen LogP contribution in [0.15, 0.2) is 18.2 Å². The Morgan fingerprint density at radius 1 is 1.27 bits per heavy atom. The predicted molar refractivity (Wildman–Crippen MR) is 81.3 cm³/mol. The first-order valence-corrected chi connectivity index (χ1v) is 7.81. The van der Waals surface area contributed by atoms with Crippen LogP contribution in [0, 0.1) is 11.7 Å². The number of hydrogen-bond donors (Lipinski definition) is 2. The fraction of sp³-hybridized carbons (Fsp3) is 0.500. The molecule has 0 radical (unpaired) electrons. The molecule has 0 spiro atoms. The highest BCUT2D eigenvalue weighted by Crippen LogP contribution is 2.24. The van der Waals surface area contributed by atoms with Gasteiger partial charge in [0.05, 0.1) is 12.3 Å². The van der Waals surface area contributed by atoms with E-state index >= 15 is 0 Å². The number of aliphatic carboxylic acids is 1. The number of carbonyl (C=O) groups excluding carboxylic acids is 1. The fourth-order valence-electron chi connectivity index (χ4n) is 2.87. The zero-order chi connectivity index (χ0) is 16.1. The SMILES string of the molecule is O=C(Cc1ccc(F)cc1Cl)N[C@H]1CCCCC[C@H]1C(=O)O. The van der Waals surface area contributed by atoms with Gasteiger partial charge in [0.15, 0.2) is 0 Å². The molecular formula is C16H19ClFNO3. The van der Waals surface area contributed by atoms with Gasteiger partial charge in [0.1, 0.15) is 5.82 Å². The summed E-state index contributed by atoms with van der Waals surface area (Å²) in [6, 6.07) is 3.53. The highest BCUT2D eigenvalue weighted by Gasteiger charge is 2.30. The van der Waals surface area contributed by atoms with E-state index in [0.717, 1.165) is 25.3 Å². The molecule has 0 aliphatic heterocycles. The van der Waals surface area contributed by atoms with Gasteiger partial charge in [-0.3, -0.25) is 9.59 Å². The van der Waals surface area contributed by atoms with Crippen LogP contribution >= 0.6 is 11.6 Å². The fourth-order valence-corrected chi connectivity index (χ4v) is 3.11. The minimum atomic E-state index is -0.869. The maximum absolute atomic E-state index is 13.0. The molecule has 6 heteroatoms. The third-order valence-electron chi connectivity index (χ3n) is 4.05. The van der Waals surface area contributed by atoms with Crippen LogP contribution in [0.3, 0.4) is 0 Å². The standard InChI is InChI=1S/C16H19ClFNO3/c17-13-9-11(18)7-6-10(13)8-15(20)19-14-5-3-1-2-4-12(14)16(21)22/h6-7,9,12,14H,1-5,8H2,(H,19,20)(H,21,22)/t12-,14+/m1/s1. The second-order valence-corrected chi connectivity index (χ2v) is 6.08. The number of amides is 1. The molecule has 1 aromatic carbocycles. The summed E-state index contributed by atoms with van der Waals surface area (Å²) in [7, 11) is 0. The summed E-state index contributed by atoms with van der Waals surface area (Å²) in [5.41, 5.74) is 0.529. The Morgan fingerprint density at radius 2 is 2.00 bits per heavy atom. The van der Waals surface area contributed by atoms with Crippen LogP contribution in [0.5, 0.6) is 0 Å². The smallest absolute Gasteiger partial charge is 0.308 e. The van der Waals surface area contributed by atoms with Gasteiger partial charge in [-0.15, -0.1) is 0 Å². The first-order valence-electron chi connectivity index (χ1n) is 7.43. The minimum absolute atomic E-state index is 0.0158. The molecule has 1 aromatic rings. The molecule has 4 nitrogen and oxygen atoms in total. The monoisotopic (exact) mass is 327 g/mol. The quantitative estimate of drug-likeness (QED) is 0.835. The number of benzene rings is 1. The molecule has 2 N–H and O–H groups in total. The Labute approximate surface area is 133 Å². The molecule has 1 aliphatic carbocycles. The Balaban J connectivity index is 2.01. The second-order valence-electron chi connectivity index (χ2n) is 5.67. The highest BCUT2D eigenvalue weighted by atomic mass is 35.5. The zero-order valence-corrected chi connectivity index (χ0v) is 12.9. The molecule has 0 heterocycles. The molecule has 0 saturated heterocycles. The van der Waals surface area contributed by atoms with Crippen molar-refractivity contribution < 1.29 is 19.1 Å². The van der Waals surface area contributed by atoms with Gasteiger partial charge in [0.25, 0.3) is 0 Å². The van der Waals surface area contributed by atoms with Crippen molar-refractivity contribution >= 4 is 23.5 Å². The van der Waals surface area contributed by atoms with E-state index in [0.29, 0.717) is 18.4 Å². The van der Waals surface area contributed by atoms with Gasteiger partial charge < -0.3 is 10.4 Å². The van der Waals surface area contributed by atoms with Crippen molar-refractivity contribution in [2.24, 2.45) is 5.92 Å². The van der Waals surface area contributed by atoms with Crippen LogP contribution in [0.1, 0.15) is 37.7 Å². The van der Waals surface area contributed by atoms with Gasteiger partial charge in [-0.25, -0.2) is 4.39 Å². The van der Waals surface area contributed by atoms with Gasteiger partial charge >= 0.3 is 5.97 Å². The molecule has 2 rings (SSSR count). The molecule has 2 atom stereocenters. The predicted octanol–water partition coefficient (Wildman–Crippen LogP) is 3.17. The van der Waals surface area contributed by atoms with Crippen LogP contribution in [-0.4, -0.2) is 23.0 Å². The number of carbonyl (C=O) groups is 2. The van der Waals surface area contributed by atoms with Crippen molar-refractivity contribution in [1.82, 2.24) is 5.32 Å². The topological polar surface area (TPSA) is 66.4 Å². The Bertz CT molecular complexity index is 564. The summed E-state index contributed by atoms with van der Waals surface area (Å²) in [6.07, 6.45) is 4.03. The average molecular weight is 328 g/mol. The largest absolute Gasteiger partial charge is 0.481 e. The summed E-state index contributed by atoms with van der Waals surface area (Å²) >= 11 is 5.91.